The van der Waals surface area contributed by atoms with Gasteiger partial charge < -0.3 is 16.0 Å². The Morgan fingerprint density at radius 2 is 1.96 bits per heavy atom. The van der Waals surface area contributed by atoms with Crippen LogP contribution in [0.25, 0.3) is 0 Å². The average molecular weight is 353 g/mol. The zero-order valence-electron chi connectivity index (χ0n) is 14.6. The highest BCUT2D eigenvalue weighted by molar-refractivity contribution is 7.13. The molecule has 1 atom stereocenters. The molecule has 0 aliphatic heterocycles. The maximum atomic E-state index is 12.4. The van der Waals surface area contributed by atoms with Gasteiger partial charge >= 0.3 is 0 Å². The summed E-state index contributed by atoms with van der Waals surface area (Å²) < 4.78 is 0. The maximum Gasteiger partial charge on any atom is 0.226 e. The Morgan fingerprint density at radius 3 is 2.58 bits per heavy atom. The molecule has 1 unspecified atom stereocenters. The molecule has 0 aromatic carbocycles. The molecule has 0 bridgehead atoms. The quantitative estimate of drug-likeness (QED) is 0.671. The van der Waals surface area contributed by atoms with Crippen molar-refractivity contribution in [3.8, 4) is 0 Å². The molecular formula is C17H28N4O2S. The van der Waals surface area contributed by atoms with Gasteiger partial charge in [0.25, 0.3) is 0 Å². The molecule has 2 amide bonds. The number of carbonyl (C=O) groups excluding carboxylic acids is 2. The fourth-order valence-electron chi connectivity index (χ4n) is 3.28. The zero-order valence-corrected chi connectivity index (χ0v) is 15.4. The van der Waals surface area contributed by atoms with Gasteiger partial charge in [-0.2, -0.15) is 0 Å². The molecule has 24 heavy (non-hydrogen) atoms. The Hall–Kier alpha value is -1.47. The van der Waals surface area contributed by atoms with Crippen molar-refractivity contribution in [2.24, 2.45) is 5.41 Å². The summed E-state index contributed by atoms with van der Waals surface area (Å²) in [5, 5.41) is 11.4. The van der Waals surface area contributed by atoms with Crippen molar-refractivity contribution in [2.75, 3.05) is 18.9 Å². The smallest absolute Gasteiger partial charge is 0.226 e. The molecule has 2 rings (SSSR count). The van der Waals surface area contributed by atoms with Gasteiger partial charge in [0.2, 0.25) is 11.8 Å². The van der Waals surface area contributed by atoms with Gasteiger partial charge in [0.1, 0.15) is 0 Å². The summed E-state index contributed by atoms with van der Waals surface area (Å²) in [4.78, 5) is 28.8. The maximum absolute atomic E-state index is 12.4. The number of hydrogen-bond donors (Lipinski definition) is 3. The molecule has 6 nitrogen and oxygen atoms in total. The molecule has 1 saturated carbocycles. The SMILES string of the molecule is CNC(C)CNC(=O)CC1(CC(=O)Nc2nccs2)CCCCC1. The van der Waals surface area contributed by atoms with Crippen LogP contribution in [-0.4, -0.2) is 36.4 Å². The van der Waals surface area contributed by atoms with Gasteiger partial charge in [-0.05, 0) is 32.2 Å². The van der Waals surface area contributed by atoms with Crippen LogP contribution >= 0.6 is 11.3 Å². The Balaban J connectivity index is 1.92. The van der Waals surface area contributed by atoms with Crippen molar-refractivity contribution >= 4 is 28.3 Å². The second-order valence-corrected chi connectivity index (χ2v) is 7.69. The summed E-state index contributed by atoms with van der Waals surface area (Å²) in [6.45, 7) is 2.63. The molecule has 134 valence electrons. The van der Waals surface area contributed by atoms with E-state index in [1.54, 1.807) is 6.20 Å². The molecule has 1 aliphatic carbocycles. The standard InChI is InChI=1S/C17H28N4O2S/c1-13(18-2)12-20-14(22)10-17(6-4-3-5-7-17)11-15(23)21-16-19-8-9-24-16/h8-9,13,18H,3-7,10-12H2,1-2H3,(H,20,22)(H,19,21,23). The minimum Gasteiger partial charge on any atom is -0.355 e. The van der Waals surface area contributed by atoms with Gasteiger partial charge in [-0.1, -0.05) is 19.3 Å². The number of hydrogen-bond acceptors (Lipinski definition) is 5. The van der Waals surface area contributed by atoms with E-state index < -0.39 is 0 Å². The number of aromatic nitrogens is 1. The van der Waals surface area contributed by atoms with Gasteiger partial charge in [0, 0.05) is 37.0 Å². The van der Waals surface area contributed by atoms with Crippen LogP contribution < -0.4 is 16.0 Å². The first-order valence-electron chi connectivity index (χ1n) is 8.66. The van der Waals surface area contributed by atoms with Crippen LogP contribution in [-0.2, 0) is 9.59 Å². The molecule has 1 aromatic heterocycles. The Morgan fingerprint density at radius 1 is 1.25 bits per heavy atom. The zero-order chi connectivity index (χ0) is 17.4. The highest BCUT2D eigenvalue weighted by Gasteiger charge is 2.36. The number of likely N-dealkylation sites (N-methyl/N-ethyl adjacent to an activating group) is 1. The lowest BCUT2D eigenvalue weighted by molar-refractivity contribution is -0.126. The van der Waals surface area contributed by atoms with Crippen LogP contribution in [0, 0.1) is 5.41 Å². The highest BCUT2D eigenvalue weighted by atomic mass is 32.1. The summed E-state index contributed by atoms with van der Waals surface area (Å²) in [5.41, 5.74) is -0.216. The van der Waals surface area contributed by atoms with Crippen LogP contribution in [0.3, 0.4) is 0 Å². The van der Waals surface area contributed by atoms with E-state index in [0.29, 0.717) is 24.5 Å². The molecule has 3 N–H and O–H groups in total. The fraction of sp³-hybridized carbons (Fsp3) is 0.706. The first-order valence-corrected chi connectivity index (χ1v) is 9.54. The second kappa shape index (κ2) is 9.13. The second-order valence-electron chi connectivity index (χ2n) is 6.79. The van der Waals surface area contributed by atoms with Crippen LogP contribution in [0.5, 0.6) is 0 Å². The van der Waals surface area contributed by atoms with Crippen molar-refractivity contribution in [1.82, 2.24) is 15.6 Å². The van der Waals surface area contributed by atoms with Crippen LogP contribution in [0.15, 0.2) is 11.6 Å². The monoisotopic (exact) mass is 352 g/mol. The van der Waals surface area contributed by atoms with Gasteiger partial charge in [-0.15, -0.1) is 11.3 Å². The van der Waals surface area contributed by atoms with E-state index in [1.165, 1.54) is 17.8 Å². The normalized spacial score (nSPS) is 17.9. The van der Waals surface area contributed by atoms with Crippen molar-refractivity contribution in [3.63, 3.8) is 0 Å². The minimum absolute atomic E-state index is 0.0387. The van der Waals surface area contributed by atoms with E-state index in [1.807, 2.05) is 19.4 Å². The summed E-state index contributed by atoms with van der Waals surface area (Å²) in [7, 11) is 1.88. The molecule has 1 aliphatic rings. The minimum atomic E-state index is -0.216. The third-order valence-electron chi connectivity index (χ3n) is 4.76. The van der Waals surface area contributed by atoms with Gasteiger partial charge in [-0.25, -0.2) is 4.98 Å². The molecular weight excluding hydrogens is 324 g/mol. The lowest BCUT2D eigenvalue weighted by atomic mass is 9.69. The lowest BCUT2D eigenvalue weighted by Gasteiger charge is -2.36. The molecule has 1 fully saturated rings. The van der Waals surface area contributed by atoms with Crippen molar-refractivity contribution < 1.29 is 9.59 Å². The molecule has 1 aromatic rings. The first kappa shape index (κ1) is 18.9. The summed E-state index contributed by atoms with van der Waals surface area (Å²) in [5.74, 6) is 0.00397. The summed E-state index contributed by atoms with van der Waals surface area (Å²) >= 11 is 1.41. The Labute approximate surface area is 147 Å². The summed E-state index contributed by atoms with van der Waals surface area (Å²) in [6, 6.07) is 0.240. The number of thiazole rings is 1. The van der Waals surface area contributed by atoms with Crippen molar-refractivity contribution in [2.45, 2.75) is 57.9 Å². The molecule has 0 saturated heterocycles. The van der Waals surface area contributed by atoms with Crippen LogP contribution in [0.1, 0.15) is 51.9 Å². The third kappa shape index (κ3) is 5.87. The number of carbonyl (C=O) groups is 2. The predicted octanol–water partition coefficient (Wildman–Crippen LogP) is 2.54. The lowest BCUT2D eigenvalue weighted by Crippen LogP contribution is -2.40. The van der Waals surface area contributed by atoms with E-state index in [9.17, 15) is 9.59 Å². The Kier molecular flexibility index (Phi) is 7.17. The van der Waals surface area contributed by atoms with Gasteiger partial charge in [0.05, 0.1) is 0 Å². The third-order valence-corrected chi connectivity index (χ3v) is 5.45. The molecule has 1 heterocycles. The van der Waals surface area contributed by atoms with E-state index in [-0.39, 0.29) is 23.3 Å². The van der Waals surface area contributed by atoms with Gasteiger partial charge in [0.15, 0.2) is 5.13 Å². The number of nitrogens with one attached hydrogen (secondary N) is 3. The average Bonchev–Trinajstić information content (AvgIpc) is 3.05. The topological polar surface area (TPSA) is 83.1 Å². The summed E-state index contributed by atoms with van der Waals surface area (Å²) in [6.07, 6.45) is 7.73. The van der Waals surface area contributed by atoms with Crippen molar-refractivity contribution in [3.05, 3.63) is 11.6 Å². The number of amides is 2. The van der Waals surface area contributed by atoms with Gasteiger partial charge in [-0.3, -0.25) is 9.59 Å². The molecule has 0 radical (unpaired) electrons. The first-order chi connectivity index (χ1) is 11.5. The fourth-order valence-corrected chi connectivity index (χ4v) is 3.82. The van der Waals surface area contributed by atoms with E-state index in [4.69, 9.17) is 0 Å². The number of anilines is 1. The van der Waals surface area contributed by atoms with Crippen molar-refractivity contribution in [1.29, 1.82) is 0 Å². The number of nitrogens with zero attached hydrogens (tertiary/aromatic N) is 1. The van der Waals surface area contributed by atoms with E-state index in [2.05, 4.69) is 20.9 Å². The van der Waals surface area contributed by atoms with Crippen LogP contribution in [0.4, 0.5) is 5.13 Å². The van der Waals surface area contributed by atoms with Crippen LogP contribution in [0.2, 0.25) is 0 Å². The number of rotatable bonds is 8. The molecule has 0 spiro atoms. The molecule has 7 heteroatoms. The predicted molar refractivity (Wildman–Crippen MR) is 97.0 cm³/mol. The highest BCUT2D eigenvalue weighted by Crippen LogP contribution is 2.42. The largest absolute Gasteiger partial charge is 0.355 e. The Bertz CT molecular complexity index is 527. The van der Waals surface area contributed by atoms with E-state index in [0.717, 1.165) is 25.7 Å². The van der Waals surface area contributed by atoms with E-state index >= 15 is 0 Å².